The molecule has 0 heterocycles. The lowest BCUT2D eigenvalue weighted by molar-refractivity contribution is 0.0994. The quantitative estimate of drug-likeness (QED) is 0.215. The van der Waals surface area contributed by atoms with Crippen LogP contribution < -0.4 is 33.6 Å². The van der Waals surface area contributed by atoms with Crippen LogP contribution in [0.2, 0.25) is 0 Å². The molecule has 0 fully saturated rings. The van der Waals surface area contributed by atoms with E-state index in [2.05, 4.69) is 10.6 Å². The van der Waals surface area contributed by atoms with Crippen molar-refractivity contribution in [3.63, 3.8) is 0 Å². The van der Waals surface area contributed by atoms with E-state index in [-0.39, 0.29) is 22.9 Å². The third-order valence-corrected chi connectivity index (χ3v) is 5.11. The van der Waals surface area contributed by atoms with Gasteiger partial charge in [0.2, 0.25) is 11.8 Å². The van der Waals surface area contributed by atoms with Crippen LogP contribution in [0.4, 0.5) is 22.7 Å². The highest BCUT2D eigenvalue weighted by Gasteiger charge is 2.09. The number of benzene rings is 4. The van der Waals surface area contributed by atoms with Crippen LogP contribution in [0.1, 0.15) is 41.4 Å². The first-order chi connectivity index (χ1) is 18.1. The number of nitrogens with two attached hydrogens (primary N) is 4. The van der Waals surface area contributed by atoms with Gasteiger partial charge < -0.3 is 33.6 Å². The van der Waals surface area contributed by atoms with Gasteiger partial charge in [0.05, 0.1) is 0 Å². The van der Waals surface area contributed by atoms with E-state index in [1.54, 1.807) is 78.9 Å². The molecule has 4 rings (SSSR count). The molecule has 4 aromatic carbocycles. The largest absolute Gasteiger partial charge is 0.399 e. The molecule has 0 aromatic heterocycles. The van der Waals surface area contributed by atoms with Crippen molar-refractivity contribution in [2.24, 2.45) is 11.5 Å². The normalized spacial score (nSPS) is 9.89. The van der Waals surface area contributed by atoms with Crippen molar-refractivity contribution in [3.05, 3.63) is 119 Å². The van der Waals surface area contributed by atoms with Crippen molar-refractivity contribution >= 4 is 46.4 Å². The lowest BCUT2D eigenvalue weighted by atomic mass is 10.1. The van der Waals surface area contributed by atoms with Gasteiger partial charge in [0.15, 0.2) is 0 Å². The molecule has 0 atom stereocenters. The average molecular weight is 511 g/mol. The van der Waals surface area contributed by atoms with Gasteiger partial charge in [-0.25, -0.2) is 0 Å². The summed E-state index contributed by atoms with van der Waals surface area (Å²) < 4.78 is 0. The zero-order valence-electron chi connectivity index (χ0n) is 20.2. The summed E-state index contributed by atoms with van der Waals surface area (Å²) in [6.07, 6.45) is 0. The summed E-state index contributed by atoms with van der Waals surface area (Å²) in [6.45, 7) is 0. The topological polar surface area (TPSA) is 196 Å². The van der Waals surface area contributed by atoms with Gasteiger partial charge in [0.1, 0.15) is 0 Å². The minimum Gasteiger partial charge on any atom is -0.399 e. The first-order valence-electron chi connectivity index (χ1n) is 11.3. The van der Waals surface area contributed by atoms with E-state index in [1.165, 1.54) is 18.2 Å². The molecule has 0 aliphatic carbocycles. The summed E-state index contributed by atoms with van der Waals surface area (Å²) >= 11 is 0. The molecule has 0 saturated heterocycles. The third-order valence-electron chi connectivity index (χ3n) is 5.11. The van der Waals surface area contributed by atoms with Gasteiger partial charge in [-0.3, -0.25) is 19.2 Å². The van der Waals surface area contributed by atoms with Crippen molar-refractivity contribution in [2.75, 3.05) is 22.1 Å². The van der Waals surface area contributed by atoms with Gasteiger partial charge in [-0.15, -0.1) is 0 Å². The standard InChI is InChI=1S/C20H18N4O2.C8H8N2O2/c21-15-6-1-4-13(10-15)19(25)23-17-8-3-9-18(12-17)24-20(26)14-5-2-7-16(22)11-14;9-7(11)5-2-1-3-6(4-5)8(10)12/h1-12H,21-22H2,(H,23,25)(H,24,26);1-4H,(H2,9,11)(H2,10,12). The van der Waals surface area contributed by atoms with Crippen LogP contribution in [0, 0.1) is 0 Å². The molecule has 0 radical (unpaired) electrons. The van der Waals surface area contributed by atoms with E-state index in [0.29, 0.717) is 33.9 Å². The Morgan fingerprint density at radius 2 is 0.842 bits per heavy atom. The molecule has 10 nitrogen and oxygen atoms in total. The molecule has 38 heavy (non-hydrogen) atoms. The Bertz CT molecular complexity index is 1400. The molecule has 0 spiro atoms. The third kappa shape index (κ3) is 7.68. The highest BCUT2D eigenvalue weighted by Crippen LogP contribution is 2.18. The molecule has 4 amide bonds. The first-order valence-corrected chi connectivity index (χ1v) is 11.3. The van der Waals surface area contributed by atoms with Crippen molar-refractivity contribution in [2.45, 2.75) is 0 Å². The van der Waals surface area contributed by atoms with E-state index in [4.69, 9.17) is 22.9 Å². The summed E-state index contributed by atoms with van der Waals surface area (Å²) in [4.78, 5) is 45.9. The second kappa shape index (κ2) is 12.4. The van der Waals surface area contributed by atoms with Gasteiger partial charge in [-0.1, -0.05) is 24.3 Å². The van der Waals surface area contributed by atoms with Gasteiger partial charge in [-0.05, 0) is 72.8 Å². The number of rotatable bonds is 6. The molecular formula is C28H26N6O4. The van der Waals surface area contributed by atoms with E-state index < -0.39 is 11.8 Å². The number of hydrogen-bond donors (Lipinski definition) is 6. The number of hydrogen-bond acceptors (Lipinski definition) is 6. The Morgan fingerprint density at radius 1 is 0.474 bits per heavy atom. The van der Waals surface area contributed by atoms with Crippen molar-refractivity contribution < 1.29 is 19.2 Å². The van der Waals surface area contributed by atoms with E-state index in [0.717, 1.165) is 0 Å². The predicted octanol–water partition coefficient (Wildman–Crippen LogP) is 3.24. The van der Waals surface area contributed by atoms with Crippen molar-refractivity contribution in [3.8, 4) is 0 Å². The molecule has 0 aliphatic rings. The minimum absolute atomic E-state index is 0.281. The van der Waals surface area contributed by atoms with E-state index in [9.17, 15) is 19.2 Å². The molecule has 192 valence electrons. The van der Waals surface area contributed by atoms with E-state index in [1.807, 2.05) is 0 Å². The fraction of sp³-hybridized carbons (Fsp3) is 0. The Morgan fingerprint density at radius 3 is 1.24 bits per heavy atom. The van der Waals surface area contributed by atoms with Gasteiger partial charge in [0.25, 0.3) is 11.8 Å². The summed E-state index contributed by atoms with van der Waals surface area (Å²) in [6, 6.07) is 26.3. The highest BCUT2D eigenvalue weighted by atomic mass is 16.2. The van der Waals surface area contributed by atoms with Crippen LogP contribution in [0.25, 0.3) is 0 Å². The lowest BCUT2D eigenvalue weighted by Gasteiger charge is -2.09. The molecule has 4 aromatic rings. The summed E-state index contributed by atoms with van der Waals surface area (Å²) in [5, 5.41) is 5.56. The van der Waals surface area contributed by atoms with Crippen LogP contribution in [-0.2, 0) is 0 Å². The lowest BCUT2D eigenvalue weighted by Crippen LogP contribution is -2.14. The van der Waals surface area contributed by atoms with Gasteiger partial charge in [0, 0.05) is 45.0 Å². The molecular weight excluding hydrogens is 484 g/mol. The van der Waals surface area contributed by atoms with Crippen LogP contribution in [0.5, 0.6) is 0 Å². The zero-order chi connectivity index (χ0) is 27.7. The van der Waals surface area contributed by atoms with Crippen LogP contribution in [0.15, 0.2) is 97.1 Å². The number of primary amides is 2. The monoisotopic (exact) mass is 510 g/mol. The van der Waals surface area contributed by atoms with Crippen molar-refractivity contribution in [1.82, 2.24) is 0 Å². The predicted molar refractivity (Wildman–Crippen MR) is 148 cm³/mol. The highest BCUT2D eigenvalue weighted by molar-refractivity contribution is 6.07. The first kappa shape index (κ1) is 27.0. The zero-order valence-corrected chi connectivity index (χ0v) is 20.2. The number of carbonyl (C=O) groups excluding carboxylic acids is 4. The minimum atomic E-state index is -0.571. The van der Waals surface area contributed by atoms with Crippen molar-refractivity contribution in [1.29, 1.82) is 0 Å². The summed E-state index contributed by atoms with van der Waals surface area (Å²) in [7, 11) is 0. The Hall–Kier alpha value is -5.64. The number of nitrogens with one attached hydrogen (secondary N) is 2. The number of anilines is 4. The number of amides is 4. The maximum atomic E-state index is 12.3. The number of nitrogen functional groups attached to an aromatic ring is 2. The summed E-state index contributed by atoms with van der Waals surface area (Å²) in [5.74, 6) is -1.70. The fourth-order valence-electron chi connectivity index (χ4n) is 3.27. The molecule has 0 saturated carbocycles. The Kier molecular flexibility index (Phi) is 8.77. The maximum absolute atomic E-state index is 12.3. The second-order valence-corrected chi connectivity index (χ2v) is 8.05. The molecule has 10 heteroatoms. The summed E-state index contributed by atoms with van der Waals surface area (Å²) in [5.41, 5.74) is 25.0. The molecule has 0 bridgehead atoms. The molecule has 0 aliphatic heterocycles. The van der Waals surface area contributed by atoms with Gasteiger partial charge in [-0.2, -0.15) is 0 Å². The van der Waals surface area contributed by atoms with Crippen LogP contribution >= 0.6 is 0 Å². The maximum Gasteiger partial charge on any atom is 0.255 e. The molecule has 0 unspecified atom stereocenters. The van der Waals surface area contributed by atoms with E-state index >= 15 is 0 Å². The van der Waals surface area contributed by atoms with Crippen LogP contribution in [-0.4, -0.2) is 23.6 Å². The fourth-order valence-corrected chi connectivity index (χ4v) is 3.27. The SMILES string of the molecule is NC(=O)c1cccc(C(N)=O)c1.Nc1cccc(C(=O)Nc2cccc(NC(=O)c3cccc(N)c3)c2)c1. The Labute approximate surface area is 218 Å². The van der Waals surface area contributed by atoms with Gasteiger partial charge >= 0.3 is 0 Å². The second-order valence-electron chi connectivity index (χ2n) is 8.05. The van der Waals surface area contributed by atoms with Crippen LogP contribution in [0.3, 0.4) is 0 Å². The number of carbonyl (C=O) groups is 4. The molecule has 10 N–H and O–H groups in total. The Balaban J connectivity index is 0.000000279. The average Bonchev–Trinajstić information content (AvgIpc) is 2.89. The smallest absolute Gasteiger partial charge is 0.255 e.